The molecule has 0 saturated carbocycles. The van der Waals surface area contributed by atoms with Crippen molar-refractivity contribution in [1.29, 1.82) is 0 Å². The first kappa shape index (κ1) is 27.0. The number of benzene rings is 7. The highest BCUT2D eigenvalue weighted by molar-refractivity contribution is 6.06. The van der Waals surface area contributed by atoms with Crippen molar-refractivity contribution < 1.29 is 4.74 Å². The first-order valence-electron chi connectivity index (χ1n) is 16.5. The standard InChI is InChI=1S/C45H30N2O/c1-2-13-30(14-3-1)40-28-41(32-23-22-29-12-4-5-15-31(29)26-32)47-44(46-40)33-24-25-39-43(27-33)48-42-21-11-10-20-38(42)45(39)36-18-8-6-16-34(36)35-17-7-9-19-37(35)45/h1-28,40H,(H,46,47). The number of hydrogen-bond donors (Lipinski definition) is 1. The second-order valence-electron chi connectivity index (χ2n) is 12.8. The highest BCUT2D eigenvalue weighted by atomic mass is 16.5. The average molecular weight is 615 g/mol. The summed E-state index contributed by atoms with van der Waals surface area (Å²) in [5.41, 5.74) is 11.2. The van der Waals surface area contributed by atoms with Crippen LogP contribution in [0.3, 0.4) is 0 Å². The molecule has 3 nitrogen and oxygen atoms in total. The molecule has 0 amide bonds. The molecule has 1 N–H and O–H groups in total. The molecule has 0 radical (unpaired) electrons. The maximum atomic E-state index is 6.80. The van der Waals surface area contributed by atoms with Gasteiger partial charge in [0, 0.05) is 22.4 Å². The quantitative estimate of drug-likeness (QED) is 0.215. The van der Waals surface area contributed by atoms with Crippen LogP contribution in [0.1, 0.15) is 45.0 Å². The smallest absolute Gasteiger partial charge is 0.133 e. The van der Waals surface area contributed by atoms with Crippen LogP contribution in [0.25, 0.3) is 27.6 Å². The van der Waals surface area contributed by atoms with Crippen LogP contribution < -0.4 is 10.1 Å². The fraction of sp³-hybridized carbons (Fsp3) is 0.0444. The van der Waals surface area contributed by atoms with E-state index in [1.54, 1.807) is 0 Å². The molecule has 2 heterocycles. The van der Waals surface area contributed by atoms with Gasteiger partial charge in [-0.3, -0.25) is 4.99 Å². The molecule has 3 heteroatoms. The first-order valence-corrected chi connectivity index (χ1v) is 16.5. The van der Waals surface area contributed by atoms with Crippen molar-refractivity contribution in [2.75, 3.05) is 0 Å². The summed E-state index contributed by atoms with van der Waals surface area (Å²) in [4.78, 5) is 5.29. The molecule has 3 aliphatic rings. The van der Waals surface area contributed by atoms with Gasteiger partial charge in [-0.2, -0.15) is 0 Å². The SMILES string of the molecule is C1=C(c2ccc3ccccc3c2)NC(c2ccc3c(c2)Oc2ccccc2C32c3ccccc3-c3ccccc32)=NC1c1ccccc1. The minimum Gasteiger partial charge on any atom is -0.457 e. The Hall–Kier alpha value is -6.19. The lowest BCUT2D eigenvalue weighted by molar-refractivity contribution is 0.436. The van der Waals surface area contributed by atoms with Crippen molar-refractivity contribution in [2.45, 2.75) is 11.5 Å². The fourth-order valence-corrected chi connectivity index (χ4v) is 8.04. The van der Waals surface area contributed by atoms with E-state index in [9.17, 15) is 0 Å². The first-order chi connectivity index (χ1) is 23.8. The molecular weight excluding hydrogens is 585 g/mol. The van der Waals surface area contributed by atoms with Gasteiger partial charge in [-0.15, -0.1) is 0 Å². The van der Waals surface area contributed by atoms with E-state index < -0.39 is 5.41 Å². The summed E-state index contributed by atoms with van der Waals surface area (Å²) in [6.45, 7) is 0. The molecule has 0 bridgehead atoms. The predicted molar refractivity (Wildman–Crippen MR) is 195 cm³/mol. The largest absolute Gasteiger partial charge is 0.457 e. The maximum absolute atomic E-state index is 6.80. The molecule has 7 aromatic carbocycles. The number of hydrogen-bond acceptors (Lipinski definition) is 3. The van der Waals surface area contributed by atoms with Crippen molar-refractivity contribution in [3.63, 3.8) is 0 Å². The minimum absolute atomic E-state index is 0.137. The lowest BCUT2D eigenvalue weighted by Crippen LogP contribution is -2.33. The summed E-state index contributed by atoms with van der Waals surface area (Å²) < 4.78 is 6.80. The number of aliphatic imine (C=N–C) groups is 1. The van der Waals surface area contributed by atoms with Crippen molar-refractivity contribution in [2.24, 2.45) is 4.99 Å². The summed E-state index contributed by atoms with van der Waals surface area (Å²) in [5, 5.41) is 6.16. The number of fused-ring (bicyclic) bond motifs is 10. The number of amidine groups is 1. The van der Waals surface area contributed by atoms with Crippen LogP contribution in [-0.4, -0.2) is 5.84 Å². The predicted octanol–water partition coefficient (Wildman–Crippen LogP) is 10.4. The zero-order valence-corrected chi connectivity index (χ0v) is 26.1. The number of para-hydroxylation sites is 1. The highest BCUT2D eigenvalue weighted by Gasteiger charge is 2.50. The topological polar surface area (TPSA) is 33.6 Å². The zero-order chi connectivity index (χ0) is 31.7. The third kappa shape index (κ3) is 3.91. The van der Waals surface area contributed by atoms with Crippen molar-refractivity contribution in [3.05, 3.63) is 209 Å². The number of nitrogens with one attached hydrogen (secondary N) is 1. The normalized spacial score (nSPS) is 16.5. The Balaban J connectivity index is 1.14. The molecule has 2 aliphatic heterocycles. The third-order valence-corrected chi connectivity index (χ3v) is 10.2. The van der Waals surface area contributed by atoms with Crippen LogP contribution in [0.15, 0.2) is 175 Å². The summed E-state index contributed by atoms with van der Waals surface area (Å²) in [5.74, 6) is 2.55. The van der Waals surface area contributed by atoms with E-state index in [0.717, 1.165) is 45.3 Å². The molecule has 7 aromatic rings. The summed E-state index contributed by atoms with van der Waals surface area (Å²) >= 11 is 0. The summed E-state index contributed by atoms with van der Waals surface area (Å²) in [6, 6.07) is 58.3. The van der Waals surface area contributed by atoms with Crippen LogP contribution in [0.4, 0.5) is 0 Å². The minimum atomic E-state index is -0.486. The monoisotopic (exact) mass is 614 g/mol. The Morgan fingerprint density at radius 1 is 0.500 bits per heavy atom. The van der Waals surface area contributed by atoms with Crippen molar-refractivity contribution in [3.8, 4) is 22.6 Å². The van der Waals surface area contributed by atoms with E-state index in [-0.39, 0.29) is 6.04 Å². The molecule has 1 spiro atoms. The van der Waals surface area contributed by atoms with Gasteiger partial charge in [0.05, 0.1) is 11.5 Å². The van der Waals surface area contributed by atoms with Gasteiger partial charge in [0.15, 0.2) is 0 Å². The Kier molecular flexibility index (Phi) is 5.85. The van der Waals surface area contributed by atoms with Crippen LogP contribution >= 0.6 is 0 Å². The molecule has 1 unspecified atom stereocenters. The summed E-state index contributed by atoms with van der Waals surface area (Å²) in [6.07, 6.45) is 2.23. The Morgan fingerprint density at radius 3 is 1.92 bits per heavy atom. The van der Waals surface area contributed by atoms with Gasteiger partial charge < -0.3 is 10.1 Å². The Bertz CT molecular complexity index is 2430. The van der Waals surface area contributed by atoms with Gasteiger partial charge in [-0.1, -0.05) is 146 Å². The molecule has 1 atom stereocenters. The van der Waals surface area contributed by atoms with E-state index in [4.69, 9.17) is 9.73 Å². The highest BCUT2D eigenvalue weighted by Crippen LogP contribution is 2.62. The Morgan fingerprint density at radius 2 is 1.12 bits per heavy atom. The van der Waals surface area contributed by atoms with E-state index in [1.807, 2.05) is 0 Å². The molecular formula is C45H30N2O. The Labute approximate surface area is 279 Å². The molecule has 0 saturated heterocycles. The van der Waals surface area contributed by atoms with Gasteiger partial charge in [-0.25, -0.2) is 0 Å². The molecule has 0 aromatic heterocycles. The van der Waals surface area contributed by atoms with Crippen LogP contribution in [0.5, 0.6) is 11.5 Å². The average Bonchev–Trinajstić information content (AvgIpc) is 3.45. The van der Waals surface area contributed by atoms with Gasteiger partial charge in [-0.05, 0) is 68.4 Å². The lowest BCUT2D eigenvalue weighted by Gasteiger charge is -2.39. The van der Waals surface area contributed by atoms with E-state index in [2.05, 4.69) is 175 Å². The van der Waals surface area contributed by atoms with Gasteiger partial charge >= 0.3 is 0 Å². The summed E-state index contributed by atoms with van der Waals surface area (Å²) in [7, 11) is 0. The van der Waals surface area contributed by atoms with E-state index >= 15 is 0 Å². The van der Waals surface area contributed by atoms with Crippen molar-refractivity contribution in [1.82, 2.24) is 5.32 Å². The van der Waals surface area contributed by atoms with Crippen LogP contribution in [-0.2, 0) is 5.41 Å². The third-order valence-electron chi connectivity index (χ3n) is 10.2. The molecule has 0 fully saturated rings. The second-order valence-corrected chi connectivity index (χ2v) is 12.8. The maximum Gasteiger partial charge on any atom is 0.133 e. The molecule has 10 rings (SSSR count). The number of rotatable bonds is 3. The second kappa shape index (κ2) is 10.4. The number of ether oxygens (including phenoxy) is 1. The van der Waals surface area contributed by atoms with Crippen LogP contribution in [0.2, 0.25) is 0 Å². The van der Waals surface area contributed by atoms with E-state index in [0.29, 0.717) is 0 Å². The molecule has 1 aliphatic carbocycles. The van der Waals surface area contributed by atoms with Gasteiger partial charge in [0.1, 0.15) is 17.3 Å². The molecule has 48 heavy (non-hydrogen) atoms. The van der Waals surface area contributed by atoms with Crippen LogP contribution in [0, 0.1) is 0 Å². The van der Waals surface area contributed by atoms with Gasteiger partial charge in [0.2, 0.25) is 0 Å². The zero-order valence-electron chi connectivity index (χ0n) is 26.1. The number of nitrogens with zero attached hydrogens (tertiary/aromatic N) is 1. The molecule has 226 valence electrons. The lowest BCUT2D eigenvalue weighted by atomic mass is 9.66. The van der Waals surface area contributed by atoms with E-state index in [1.165, 1.54) is 38.6 Å². The fourth-order valence-electron chi connectivity index (χ4n) is 8.04. The van der Waals surface area contributed by atoms with Gasteiger partial charge in [0.25, 0.3) is 0 Å². The van der Waals surface area contributed by atoms with Crippen molar-refractivity contribution >= 4 is 22.3 Å².